The Labute approximate surface area is 173 Å². The Morgan fingerprint density at radius 2 is 2.21 bits per heavy atom. The molecule has 0 aliphatic carbocycles. The molecule has 154 valence electrons. The smallest absolute Gasteiger partial charge is 0.127 e. The SMILES string of the molecule is CCN1CCCC1CN(CC1=Cc2cc(OC)ccc2OC1)Cc1cccnc1. The number of methoxy groups -OCH3 is 1. The standard InChI is InChI=1S/C24H31N3O2/c1-3-27-11-5-7-22(27)17-26(15-19-6-4-10-25-14-19)16-20-12-21-13-23(28-2)8-9-24(21)29-18-20/h4,6,8-10,12-14,22H,3,5,7,11,15-18H2,1-2H3. The molecule has 0 amide bonds. The lowest BCUT2D eigenvalue weighted by Crippen LogP contribution is -2.41. The summed E-state index contributed by atoms with van der Waals surface area (Å²) in [6.07, 6.45) is 8.67. The molecule has 0 bridgehead atoms. The Bertz CT molecular complexity index is 837. The second-order valence-electron chi connectivity index (χ2n) is 7.95. The quantitative estimate of drug-likeness (QED) is 0.681. The van der Waals surface area contributed by atoms with Crippen molar-refractivity contribution in [2.75, 3.05) is 39.9 Å². The summed E-state index contributed by atoms with van der Waals surface area (Å²) in [5.41, 5.74) is 3.66. The molecule has 1 unspecified atom stereocenters. The van der Waals surface area contributed by atoms with Gasteiger partial charge in [-0.1, -0.05) is 13.0 Å². The number of hydrogen-bond donors (Lipinski definition) is 0. The topological polar surface area (TPSA) is 37.8 Å². The lowest BCUT2D eigenvalue weighted by molar-refractivity contribution is 0.176. The van der Waals surface area contributed by atoms with Gasteiger partial charge in [0.25, 0.3) is 0 Å². The fraction of sp³-hybridized carbons (Fsp3) is 0.458. The molecule has 1 aromatic heterocycles. The van der Waals surface area contributed by atoms with E-state index in [0.29, 0.717) is 12.6 Å². The molecular weight excluding hydrogens is 362 g/mol. The molecule has 29 heavy (non-hydrogen) atoms. The highest BCUT2D eigenvalue weighted by molar-refractivity contribution is 5.64. The zero-order chi connectivity index (χ0) is 20.1. The van der Waals surface area contributed by atoms with E-state index in [-0.39, 0.29) is 0 Å². The predicted molar refractivity (Wildman–Crippen MR) is 116 cm³/mol. The highest BCUT2D eigenvalue weighted by Crippen LogP contribution is 2.30. The van der Waals surface area contributed by atoms with E-state index in [0.717, 1.165) is 43.2 Å². The lowest BCUT2D eigenvalue weighted by atomic mass is 10.1. The van der Waals surface area contributed by atoms with Gasteiger partial charge in [0.1, 0.15) is 18.1 Å². The first-order chi connectivity index (χ1) is 14.2. The molecule has 1 atom stereocenters. The maximum Gasteiger partial charge on any atom is 0.127 e. The largest absolute Gasteiger partial charge is 0.497 e. The number of likely N-dealkylation sites (tertiary alicyclic amines) is 1. The van der Waals surface area contributed by atoms with Crippen molar-refractivity contribution in [3.05, 3.63) is 59.4 Å². The van der Waals surface area contributed by atoms with E-state index in [1.165, 1.54) is 30.5 Å². The van der Waals surface area contributed by atoms with Crippen molar-refractivity contribution in [3.63, 3.8) is 0 Å². The Balaban J connectivity index is 1.52. The minimum Gasteiger partial charge on any atom is -0.497 e. The van der Waals surface area contributed by atoms with Gasteiger partial charge in [0.2, 0.25) is 0 Å². The molecule has 5 heteroatoms. The number of fused-ring (bicyclic) bond motifs is 1. The van der Waals surface area contributed by atoms with E-state index < -0.39 is 0 Å². The van der Waals surface area contributed by atoms with Gasteiger partial charge < -0.3 is 9.47 Å². The van der Waals surface area contributed by atoms with Crippen LogP contribution in [0.15, 0.2) is 48.3 Å². The predicted octanol–water partition coefficient (Wildman–Crippen LogP) is 3.85. The molecule has 1 aromatic carbocycles. The molecule has 2 aliphatic heterocycles. The van der Waals surface area contributed by atoms with Crippen LogP contribution >= 0.6 is 0 Å². The number of ether oxygens (including phenoxy) is 2. The molecule has 0 saturated carbocycles. The molecule has 3 heterocycles. The van der Waals surface area contributed by atoms with Crippen molar-refractivity contribution in [2.45, 2.75) is 32.4 Å². The number of benzene rings is 1. The van der Waals surface area contributed by atoms with Crippen LogP contribution in [-0.2, 0) is 6.54 Å². The summed E-state index contributed by atoms with van der Waals surface area (Å²) in [7, 11) is 1.70. The maximum atomic E-state index is 6.03. The van der Waals surface area contributed by atoms with Gasteiger partial charge in [-0.2, -0.15) is 0 Å². The fourth-order valence-corrected chi connectivity index (χ4v) is 4.46. The molecule has 5 nitrogen and oxygen atoms in total. The van der Waals surface area contributed by atoms with E-state index >= 15 is 0 Å². The number of pyridine rings is 1. The Morgan fingerprint density at radius 3 is 3.00 bits per heavy atom. The Morgan fingerprint density at radius 1 is 1.28 bits per heavy atom. The van der Waals surface area contributed by atoms with Crippen LogP contribution in [0.4, 0.5) is 0 Å². The first-order valence-electron chi connectivity index (χ1n) is 10.6. The highest BCUT2D eigenvalue weighted by Gasteiger charge is 2.26. The van der Waals surface area contributed by atoms with Crippen molar-refractivity contribution < 1.29 is 9.47 Å². The van der Waals surface area contributed by atoms with Crippen molar-refractivity contribution in [1.29, 1.82) is 0 Å². The van der Waals surface area contributed by atoms with Gasteiger partial charge in [-0.15, -0.1) is 0 Å². The van der Waals surface area contributed by atoms with Gasteiger partial charge in [-0.05, 0) is 67.4 Å². The number of hydrogen-bond acceptors (Lipinski definition) is 5. The van der Waals surface area contributed by atoms with Gasteiger partial charge in [0, 0.05) is 43.6 Å². The van der Waals surface area contributed by atoms with Crippen LogP contribution in [0.1, 0.15) is 30.9 Å². The number of likely N-dealkylation sites (N-methyl/N-ethyl adjacent to an activating group) is 1. The highest BCUT2D eigenvalue weighted by atomic mass is 16.5. The summed E-state index contributed by atoms with van der Waals surface area (Å²) in [6.45, 7) is 8.15. The molecule has 1 fully saturated rings. The Hall–Kier alpha value is -2.37. The van der Waals surface area contributed by atoms with Crippen LogP contribution in [0.25, 0.3) is 6.08 Å². The molecule has 2 aliphatic rings. The Kier molecular flexibility index (Phi) is 6.47. The third-order valence-corrected chi connectivity index (χ3v) is 5.92. The fourth-order valence-electron chi connectivity index (χ4n) is 4.46. The van der Waals surface area contributed by atoms with E-state index in [2.05, 4.69) is 39.9 Å². The summed E-state index contributed by atoms with van der Waals surface area (Å²) in [5.74, 6) is 1.79. The van der Waals surface area contributed by atoms with Crippen LogP contribution in [0.2, 0.25) is 0 Å². The van der Waals surface area contributed by atoms with Crippen LogP contribution in [0.3, 0.4) is 0 Å². The van der Waals surface area contributed by atoms with E-state index in [4.69, 9.17) is 9.47 Å². The third kappa shape index (κ3) is 4.98. The van der Waals surface area contributed by atoms with E-state index in [1.54, 1.807) is 7.11 Å². The monoisotopic (exact) mass is 393 g/mol. The summed E-state index contributed by atoms with van der Waals surface area (Å²) in [6, 6.07) is 10.8. The second kappa shape index (κ2) is 9.42. The second-order valence-corrected chi connectivity index (χ2v) is 7.95. The first kappa shape index (κ1) is 19.9. The van der Waals surface area contributed by atoms with Crippen molar-refractivity contribution >= 4 is 6.08 Å². The zero-order valence-corrected chi connectivity index (χ0v) is 17.5. The third-order valence-electron chi connectivity index (χ3n) is 5.92. The van der Waals surface area contributed by atoms with Crippen LogP contribution < -0.4 is 9.47 Å². The van der Waals surface area contributed by atoms with Crippen LogP contribution in [0.5, 0.6) is 11.5 Å². The zero-order valence-electron chi connectivity index (χ0n) is 17.5. The van der Waals surface area contributed by atoms with Crippen molar-refractivity contribution in [3.8, 4) is 11.5 Å². The summed E-state index contributed by atoms with van der Waals surface area (Å²) in [5, 5.41) is 0. The summed E-state index contributed by atoms with van der Waals surface area (Å²) in [4.78, 5) is 9.47. The maximum absolute atomic E-state index is 6.03. The summed E-state index contributed by atoms with van der Waals surface area (Å²) >= 11 is 0. The van der Waals surface area contributed by atoms with Crippen molar-refractivity contribution in [2.24, 2.45) is 0 Å². The van der Waals surface area contributed by atoms with Crippen LogP contribution in [-0.4, -0.2) is 60.7 Å². The van der Waals surface area contributed by atoms with Crippen molar-refractivity contribution in [1.82, 2.24) is 14.8 Å². The average molecular weight is 394 g/mol. The molecule has 0 radical (unpaired) electrons. The van der Waals surface area contributed by atoms with Gasteiger partial charge in [-0.3, -0.25) is 14.8 Å². The van der Waals surface area contributed by atoms with Crippen LogP contribution in [0, 0.1) is 0 Å². The minimum atomic E-state index is 0.633. The van der Waals surface area contributed by atoms with E-state index in [9.17, 15) is 0 Å². The van der Waals surface area contributed by atoms with Gasteiger partial charge >= 0.3 is 0 Å². The van der Waals surface area contributed by atoms with Gasteiger partial charge in [0.05, 0.1) is 7.11 Å². The lowest BCUT2D eigenvalue weighted by Gasteiger charge is -2.31. The van der Waals surface area contributed by atoms with Gasteiger partial charge in [-0.25, -0.2) is 0 Å². The normalized spacial score (nSPS) is 19.0. The molecule has 0 spiro atoms. The first-order valence-corrected chi connectivity index (χ1v) is 10.6. The molecular formula is C24H31N3O2. The molecule has 4 rings (SSSR count). The van der Waals surface area contributed by atoms with E-state index in [1.807, 2.05) is 30.6 Å². The molecule has 2 aromatic rings. The number of nitrogens with zero attached hydrogens (tertiary/aromatic N) is 3. The van der Waals surface area contributed by atoms with Gasteiger partial charge in [0.15, 0.2) is 0 Å². The summed E-state index contributed by atoms with van der Waals surface area (Å²) < 4.78 is 11.4. The minimum absolute atomic E-state index is 0.633. The molecule has 1 saturated heterocycles. The average Bonchev–Trinajstić information content (AvgIpc) is 3.21. The molecule has 0 N–H and O–H groups in total. The number of aromatic nitrogens is 1. The number of rotatable bonds is 8.